The molecule has 1 heterocycles. The molecule has 0 N–H and O–H groups in total. The van der Waals surface area contributed by atoms with Crippen molar-refractivity contribution in [2.75, 3.05) is 24.5 Å². The highest BCUT2D eigenvalue weighted by atomic mass is 16.5. The van der Waals surface area contributed by atoms with Gasteiger partial charge in [0.05, 0.1) is 12.1 Å². The van der Waals surface area contributed by atoms with Gasteiger partial charge in [-0.05, 0) is 19.8 Å². The van der Waals surface area contributed by atoms with Crippen molar-refractivity contribution in [3.63, 3.8) is 0 Å². The van der Waals surface area contributed by atoms with Gasteiger partial charge in [-0.2, -0.15) is 0 Å². The van der Waals surface area contributed by atoms with Gasteiger partial charge in [0.1, 0.15) is 5.69 Å². The van der Waals surface area contributed by atoms with Crippen LogP contribution in [0.4, 0.5) is 5.88 Å². The molecule has 5 nitrogen and oxygen atoms in total. The van der Waals surface area contributed by atoms with Crippen LogP contribution in [-0.4, -0.2) is 35.6 Å². The van der Waals surface area contributed by atoms with Crippen molar-refractivity contribution in [1.29, 1.82) is 0 Å². The number of benzene rings is 1. The SMILES string of the molecule is CCN(CC)c1onc(-c2ccccc2)c1CN(CC(C)C)C(=O)C(C)C. The summed E-state index contributed by atoms with van der Waals surface area (Å²) in [6.45, 7) is 15.3. The minimum atomic E-state index is -0.0410. The number of nitrogens with zero attached hydrogens (tertiary/aromatic N) is 3. The largest absolute Gasteiger partial charge is 0.341 e. The van der Waals surface area contributed by atoms with Crippen molar-refractivity contribution in [3.05, 3.63) is 35.9 Å². The van der Waals surface area contributed by atoms with Gasteiger partial charge in [-0.25, -0.2) is 0 Å². The number of carbonyl (C=O) groups is 1. The van der Waals surface area contributed by atoms with Gasteiger partial charge in [-0.1, -0.05) is 63.2 Å². The number of amides is 1. The molecule has 5 heteroatoms. The van der Waals surface area contributed by atoms with Crippen LogP contribution in [0.5, 0.6) is 0 Å². The lowest BCUT2D eigenvalue weighted by atomic mass is 10.0. The maximum Gasteiger partial charge on any atom is 0.232 e. The summed E-state index contributed by atoms with van der Waals surface area (Å²) >= 11 is 0. The second kappa shape index (κ2) is 9.58. The molecule has 0 saturated heterocycles. The van der Waals surface area contributed by atoms with Gasteiger partial charge in [-0.15, -0.1) is 0 Å². The van der Waals surface area contributed by atoms with E-state index in [1.54, 1.807) is 0 Å². The van der Waals surface area contributed by atoms with Gasteiger partial charge in [0.25, 0.3) is 0 Å². The van der Waals surface area contributed by atoms with E-state index in [1.807, 2.05) is 49.1 Å². The Balaban J connectivity index is 2.50. The van der Waals surface area contributed by atoms with Gasteiger partial charge in [0.2, 0.25) is 11.8 Å². The predicted octanol–water partition coefficient (Wildman–Crippen LogP) is 4.83. The first kappa shape index (κ1) is 21.0. The van der Waals surface area contributed by atoms with Crippen LogP contribution >= 0.6 is 0 Å². The molecule has 0 atom stereocenters. The lowest BCUT2D eigenvalue weighted by Gasteiger charge is -2.27. The highest BCUT2D eigenvalue weighted by Gasteiger charge is 2.26. The zero-order valence-corrected chi connectivity index (χ0v) is 17.5. The van der Waals surface area contributed by atoms with Crippen LogP contribution in [0.25, 0.3) is 11.3 Å². The fourth-order valence-electron chi connectivity index (χ4n) is 3.25. The fraction of sp³-hybridized carbons (Fsp3) is 0.545. The number of aromatic nitrogens is 1. The van der Waals surface area contributed by atoms with E-state index in [0.29, 0.717) is 19.0 Å². The number of carbonyl (C=O) groups excluding carboxylic acids is 1. The van der Waals surface area contributed by atoms with E-state index in [0.717, 1.165) is 35.8 Å². The second-order valence-electron chi connectivity index (χ2n) is 7.62. The lowest BCUT2D eigenvalue weighted by molar-refractivity contribution is -0.135. The Bertz CT molecular complexity index is 718. The van der Waals surface area contributed by atoms with Crippen LogP contribution in [0, 0.1) is 11.8 Å². The molecule has 0 saturated carbocycles. The predicted molar refractivity (Wildman–Crippen MR) is 111 cm³/mol. The summed E-state index contributed by atoms with van der Waals surface area (Å²) in [5.41, 5.74) is 2.82. The van der Waals surface area contributed by atoms with E-state index in [-0.39, 0.29) is 11.8 Å². The van der Waals surface area contributed by atoms with Crippen molar-refractivity contribution < 1.29 is 9.32 Å². The molecule has 148 valence electrons. The van der Waals surface area contributed by atoms with Gasteiger partial charge in [-0.3, -0.25) is 4.79 Å². The summed E-state index contributed by atoms with van der Waals surface area (Å²) in [6.07, 6.45) is 0. The van der Waals surface area contributed by atoms with Crippen LogP contribution in [0.1, 0.15) is 47.1 Å². The van der Waals surface area contributed by atoms with Crippen LogP contribution in [0.3, 0.4) is 0 Å². The molecule has 2 rings (SSSR count). The average molecular weight is 372 g/mol. The standard InChI is InChI=1S/C22H33N3O2/c1-7-24(8-2)22-19(15-25(14-16(3)4)21(26)17(5)6)20(23-27-22)18-12-10-9-11-13-18/h9-13,16-17H,7-8,14-15H2,1-6H3. The van der Waals surface area contributed by atoms with Crippen LogP contribution in [-0.2, 0) is 11.3 Å². The molecule has 1 amide bonds. The monoisotopic (exact) mass is 371 g/mol. The molecule has 0 aliphatic rings. The van der Waals surface area contributed by atoms with Gasteiger partial charge < -0.3 is 14.3 Å². The molecule has 1 aromatic heterocycles. The molecule has 0 spiro atoms. The Morgan fingerprint density at radius 3 is 2.22 bits per heavy atom. The first-order valence-electron chi connectivity index (χ1n) is 9.96. The normalized spacial score (nSPS) is 11.3. The molecule has 0 aliphatic heterocycles. The zero-order chi connectivity index (χ0) is 20.0. The third kappa shape index (κ3) is 5.12. The molecule has 0 bridgehead atoms. The Hall–Kier alpha value is -2.30. The summed E-state index contributed by atoms with van der Waals surface area (Å²) in [5, 5.41) is 4.38. The number of hydrogen-bond donors (Lipinski definition) is 0. The highest BCUT2D eigenvalue weighted by molar-refractivity contribution is 5.79. The van der Waals surface area contributed by atoms with Crippen LogP contribution in [0.2, 0.25) is 0 Å². The summed E-state index contributed by atoms with van der Waals surface area (Å²) < 4.78 is 5.78. The van der Waals surface area contributed by atoms with Crippen molar-refractivity contribution in [2.45, 2.75) is 48.1 Å². The third-order valence-corrected chi connectivity index (χ3v) is 4.61. The molecular formula is C22H33N3O2. The van der Waals surface area contributed by atoms with E-state index < -0.39 is 0 Å². The quantitative estimate of drug-likeness (QED) is 0.633. The maximum absolute atomic E-state index is 12.8. The lowest BCUT2D eigenvalue weighted by Crippen LogP contribution is -2.37. The van der Waals surface area contributed by atoms with E-state index in [1.165, 1.54) is 0 Å². The summed E-state index contributed by atoms with van der Waals surface area (Å²) in [5.74, 6) is 1.28. The van der Waals surface area contributed by atoms with Crippen LogP contribution < -0.4 is 4.90 Å². The molecule has 27 heavy (non-hydrogen) atoms. The Kier molecular flexibility index (Phi) is 7.45. The molecule has 0 radical (unpaired) electrons. The first-order chi connectivity index (χ1) is 12.9. The van der Waals surface area contributed by atoms with Gasteiger partial charge in [0.15, 0.2) is 0 Å². The van der Waals surface area contributed by atoms with Gasteiger partial charge in [0, 0.05) is 31.1 Å². The Morgan fingerprint density at radius 2 is 1.70 bits per heavy atom. The van der Waals surface area contributed by atoms with E-state index in [4.69, 9.17) is 4.52 Å². The van der Waals surface area contributed by atoms with Crippen LogP contribution in [0.15, 0.2) is 34.9 Å². The van der Waals surface area contributed by atoms with Gasteiger partial charge >= 0.3 is 0 Å². The Labute approximate surface area is 163 Å². The van der Waals surface area contributed by atoms with Crippen molar-refractivity contribution >= 4 is 11.8 Å². The maximum atomic E-state index is 12.8. The summed E-state index contributed by atoms with van der Waals surface area (Å²) in [7, 11) is 0. The number of hydrogen-bond acceptors (Lipinski definition) is 4. The first-order valence-corrected chi connectivity index (χ1v) is 9.96. The van der Waals surface area contributed by atoms with Crippen molar-refractivity contribution in [3.8, 4) is 11.3 Å². The molecule has 1 aromatic carbocycles. The van der Waals surface area contributed by atoms with Crippen molar-refractivity contribution in [2.24, 2.45) is 11.8 Å². The summed E-state index contributed by atoms with van der Waals surface area (Å²) in [4.78, 5) is 16.9. The summed E-state index contributed by atoms with van der Waals surface area (Å²) in [6, 6.07) is 10.0. The fourth-order valence-corrected chi connectivity index (χ4v) is 3.25. The van der Waals surface area contributed by atoms with Crippen molar-refractivity contribution in [1.82, 2.24) is 10.1 Å². The van der Waals surface area contributed by atoms with E-state index in [2.05, 4.69) is 37.8 Å². The number of rotatable bonds is 9. The highest BCUT2D eigenvalue weighted by Crippen LogP contribution is 2.32. The van der Waals surface area contributed by atoms with E-state index in [9.17, 15) is 4.79 Å². The molecule has 2 aromatic rings. The number of anilines is 1. The smallest absolute Gasteiger partial charge is 0.232 e. The molecular weight excluding hydrogens is 338 g/mol. The average Bonchev–Trinajstić information content (AvgIpc) is 3.05. The second-order valence-corrected chi connectivity index (χ2v) is 7.62. The zero-order valence-electron chi connectivity index (χ0n) is 17.5. The molecule has 0 fully saturated rings. The Morgan fingerprint density at radius 1 is 1.07 bits per heavy atom. The van der Waals surface area contributed by atoms with E-state index >= 15 is 0 Å². The molecule has 0 aliphatic carbocycles. The third-order valence-electron chi connectivity index (χ3n) is 4.61. The minimum Gasteiger partial charge on any atom is -0.341 e. The topological polar surface area (TPSA) is 49.6 Å². The molecule has 0 unspecified atom stereocenters. The minimum absolute atomic E-state index is 0.0410.